The van der Waals surface area contributed by atoms with E-state index in [1.54, 1.807) is 24.4 Å². The average molecular weight is 384 g/mol. The molecule has 0 radical (unpaired) electrons. The van der Waals surface area contributed by atoms with Gasteiger partial charge in [0.15, 0.2) is 0 Å². The van der Waals surface area contributed by atoms with E-state index in [2.05, 4.69) is 31.2 Å². The summed E-state index contributed by atoms with van der Waals surface area (Å²) in [7, 11) is 0. The molecule has 3 rings (SSSR count). The minimum absolute atomic E-state index is 0.269. The number of anilines is 1. The summed E-state index contributed by atoms with van der Waals surface area (Å²) in [5, 5.41) is 2.72. The predicted molar refractivity (Wildman–Crippen MR) is 95.4 cm³/mol. The highest BCUT2D eigenvalue weighted by Crippen LogP contribution is 2.21. The van der Waals surface area contributed by atoms with Crippen LogP contribution in [0.15, 0.2) is 65.4 Å². The Kier molecular flexibility index (Phi) is 4.86. The van der Waals surface area contributed by atoms with E-state index in [9.17, 15) is 4.79 Å². The molecule has 0 saturated heterocycles. The van der Waals surface area contributed by atoms with E-state index in [-0.39, 0.29) is 5.91 Å². The molecule has 0 aliphatic rings. The number of pyridine rings is 2. The quantitative estimate of drug-likeness (QED) is 0.715. The Hall–Kier alpha value is -2.73. The van der Waals surface area contributed by atoms with Gasteiger partial charge in [-0.1, -0.05) is 22.0 Å². The normalized spacial score (nSPS) is 10.2. The molecule has 2 aromatic heterocycles. The highest BCUT2D eigenvalue weighted by molar-refractivity contribution is 9.10. The van der Waals surface area contributed by atoms with Crippen LogP contribution in [0.3, 0.4) is 0 Å². The molecular formula is C18H14BrN3O2. The van der Waals surface area contributed by atoms with Crippen LogP contribution in [-0.2, 0) is 0 Å². The summed E-state index contributed by atoms with van der Waals surface area (Å²) >= 11 is 3.37. The van der Waals surface area contributed by atoms with E-state index in [4.69, 9.17) is 4.74 Å². The lowest BCUT2D eigenvalue weighted by Crippen LogP contribution is -2.13. The lowest BCUT2D eigenvalue weighted by Gasteiger charge is -2.07. The van der Waals surface area contributed by atoms with Crippen LogP contribution in [0.1, 0.15) is 15.9 Å². The van der Waals surface area contributed by atoms with Crippen LogP contribution in [0.25, 0.3) is 0 Å². The first kappa shape index (κ1) is 16.1. The maximum atomic E-state index is 12.2. The Morgan fingerprint density at radius 3 is 2.42 bits per heavy atom. The van der Waals surface area contributed by atoms with Crippen LogP contribution in [-0.4, -0.2) is 15.9 Å². The number of halogens is 1. The SMILES string of the molecule is Cc1ccc(NC(=O)c2ccc(Oc3ccc(Br)cc3)nc2)nc1. The summed E-state index contributed by atoms with van der Waals surface area (Å²) in [4.78, 5) is 20.5. The maximum absolute atomic E-state index is 12.2. The van der Waals surface area contributed by atoms with Crippen molar-refractivity contribution in [3.05, 3.63) is 76.5 Å². The number of rotatable bonds is 4. The van der Waals surface area contributed by atoms with Crippen molar-refractivity contribution in [2.75, 3.05) is 5.32 Å². The van der Waals surface area contributed by atoms with Gasteiger partial charge in [0.25, 0.3) is 5.91 Å². The largest absolute Gasteiger partial charge is 0.439 e. The van der Waals surface area contributed by atoms with E-state index < -0.39 is 0 Å². The Morgan fingerprint density at radius 1 is 1.00 bits per heavy atom. The molecule has 0 spiro atoms. The van der Waals surface area contributed by atoms with Crippen LogP contribution < -0.4 is 10.1 Å². The van der Waals surface area contributed by atoms with Crippen molar-refractivity contribution in [3.8, 4) is 11.6 Å². The topological polar surface area (TPSA) is 64.1 Å². The zero-order chi connectivity index (χ0) is 16.9. The van der Waals surface area contributed by atoms with Gasteiger partial charge in [-0.15, -0.1) is 0 Å². The average Bonchev–Trinajstić information content (AvgIpc) is 2.59. The van der Waals surface area contributed by atoms with E-state index in [0.717, 1.165) is 10.0 Å². The third-order valence-electron chi connectivity index (χ3n) is 3.19. The Balaban J connectivity index is 1.66. The monoisotopic (exact) mass is 383 g/mol. The standard InChI is InChI=1S/C18H14BrN3O2/c1-12-2-8-16(20-10-12)22-18(23)13-3-9-17(21-11-13)24-15-6-4-14(19)5-7-15/h2-11H,1H3,(H,20,22,23). The predicted octanol–water partition coefficient (Wildman–Crippen LogP) is 4.59. The van der Waals surface area contributed by atoms with Gasteiger partial charge in [-0.25, -0.2) is 9.97 Å². The maximum Gasteiger partial charge on any atom is 0.258 e. The molecule has 0 aliphatic carbocycles. The van der Waals surface area contributed by atoms with Gasteiger partial charge >= 0.3 is 0 Å². The van der Waals surface area contributed by atoms with Crippen molar-refractivity contribution >= 4 is 27.7 Å². The summed E-state index contributed by atoms with van der Waals surface area (Å²) in [6, 6.07) is 14.4. The van der Waals surface area contributed by atoms with Crippen molar-refractivity contribution in [1.29, 1.82) is 0 Å². The zero-order valence-corrected chi connectivity index (χ0v) is 14.4. The van der Waals surface area contributed by atoms with Gasteiger partial charge in [0, 0.05) is 22.9 Å². The minimum atomic E-state index is -0.269. The molecule has 0 bridgehead atoms. The molecule has 6 heteroatoms. The van der Waals surface area contributed by atoms with Crippen LogP contribution >= 0.6 is 15.9 Å². The van der Waals surface area contributed by atoms with Crippen molar-refractivity contribution in [1.82, 2.24) is 9.97 Å². The van der Waals surface area contributed by atoms with Gasteiger partial charge in [-0.3, -0.25) is 4.79 Å². The first-order valence-corrected chi connectivity index (χ1v) is 8.03. The summed E-state index contributed by atoms with van der Waals surface area (Å²) in [5.74, 6) is 1.32. The fourth-order valence-electron chi connectivity index (χ4n) is 1.93. The van der Waals surface area contributed by atoms with Crippen molar-refractivity contribution in [3.63, 3.8) is 0 Å². The summed E-state index contributed by atoms with van der Waals surface area (Å²) in [5.41, 5.74) is 1.46. The molecule has 0 atom stereocenters. The number of aryl methyl sites for hydroxylation is 1. The number of amides is 1. The van der Waals surface area contributed by atoms with Gasteiger partial charge in [0.1, 0.15) is 11.6 Å². The number of nitrogens with zero attached hydrogens (tertiary/aromatic N) is 2. The second-order valence-corrected chi connectivity index (χ2v) is 6.03. The van der Waals surface area contributed by atoms with E-state index in [1.165, 1.54) is 6.20 Å². The molecule has 5 nitrogen and oxygen atoms in total. The van der Waals surface area contributed by atoms with Crippen LogP contribution in [0, 0.1) is 6.92 Å². The third-order valence-corrected chi connectivity index (χ3v) is 3.72. The van der Waals surface area contributed by atoms with Gasteiger partial charge in [-0.05, 0) is 48.9 Å². The van der Waals surface area contributed by atoms with Gasteiger partial charge in [0.05, 0.1) is 5.56 Å². The molecule has 0 unspecified atom stereocenters. The summed E-state index contributed by atoms with van der Waals surface area (Å²) < 4.78 is 6.60. The number of nitrogens with one attached hydrogen (secondary N) is 1. The smallest absolute Gasteiger partial charge is 0.258 e. The minimum Gasteiger partial charge on any atom is -0.439 e. The van der Waals surface area contributed by atoms with E-state index in [0.29, 0.717) is 23.0 Å². The highest BCUT2D eigenvalue weighted by Gasteiger charge is 2.08. The van der Waals surface area contributed by atoms with Crippen molar-refractivity contribution in [2.24, 2.45) is 0 Å². The molecule has 2 heterocycles. The van der Waals surface area contributed by atoms with Gasteiger partial charge in [0.2, 0.25) is 5.88 Å². The molecule has 1 N–H and O–H groups in total. The molecular weight excluding hydrogens is 370 g/mol. The Morgan fingerprint density at radius 2 is 1.79 bits per heavy atom. The molecule has 120 valence electrons. The zero-order valence-electron chi connectivity index (χ0n) is 12.9. The summed E-state index contributed by atoms with van der Waals surface area (Å²) in [6.45, 7) is 1.94. The number of aromatic nitrogens is 2. The molecule has 1 amide bonds. The Bertz CT molecular complexity index is 832. The molecule has 1 aromatic carbocycles. The second kappa shape index (κ2) is 7.23. The lowest BCUT2D eigenvalue weighted by molar-refractivity contribution is 0.102. The van der Waals surface area contributed by atoms with Crippen LogP contribution in [0.2, 0.25) is 0 Å². The van der Waals surface area contributed by atoms with Crippen LogP contribution in [0.5, 0.6) is 11.6 Å². The first-order chi connectivity index (χ1) is 11.6. The molecule has 0 saturated carbocycles. The fourth-order valence-corrected chi connectivity index (χ4v) is 2.19. The van der Waals surface area contributed by atoms with Gasteiger partial charge in [-0.2, -0.15) is 0 Å². The number of hydrogen-bond donors (Lipinski definition) is 1. The molecule has 0 aliphatic heterocycles. The second-order valence-electron chi connectivity index (χ2n) is 5.12. The third kappa shape index (κ3) is 4.17. The number of hydrogen-bond acceptors (Lipinski definition) is 4. The van der Waals surface area contributed by atoms with E-state index in [1.807, 2.05) is 37.3 Å². The number of carbonyl (C=O) groups is 1. The van der Waals surface area contributed by atoms with Gasteiger partial charge < -0.3 is 10.1 Å². The van der Waals surface area contributed by atoms with Crippen molar-refractivity contribution in [2.45, 2.75) is 6.92 Å². The summed E-state index contributed by atoms with van der Waals surface area (Å²) in [6.07, 6.45) is 3.17. The fraction of sp³-hybridized carbons (Fsp3) is 0.0556. The lowest BCUT2D eigenvalue weighted by atomic mass is 10.2. The van der Waals surface area contributed by atoms with E-state index >= 15 is 0 Å². The number of carbonyl (C=O) groups excluding carboxylic acids is 1. The Labute approximate surface area is 147 Å². The molecule has 3 aromatic rings. The molecule has 0 fully saturated rings. The molecule has 24 heavy (non-hydrogen) atoms. The van der Waals surface area contributed by atoms with Crippen molar-refractivity contribution < 1.29 is 9.53 Å². The number of ether oxygens (including phenoxy) is 1. The highest BCUT2D eigenvalue weighted by atomic mass is 79.9. The van der Waals surface area contributed by atoms with Crippen LogP contribution in [0.4, 0.5) is 5.82 Å². The number of benzene rings is 1. The first-order valence-electron chi connectivity index (χ1n) is 7.24.